The Morgan fingerprint density at radius 2 is 1.71 bits per heavy atom. The lowest BCUT2D eigenvalue weighted by Gasteiger charge is -2.17. The van der Waals surface area contributed by atoms with E-state index in [0.717, 1.165) is 12.8 Å². The molecule has 1 aliphatic heterocycles. The van der Waals surface area contributed by atoms with Crippen LogP contribution in [0, 0.1) is 0 Å². The van der Waals surface area contributed by atoms with Gasteiger partial charge < -0.3 is 14.8 Å². The van der Waals surface area contributed by atoms with Crippen molar-refractivity contribution in [1.82, 2.24) is 4.31 Å². The maximum atomic E-state index is 12.5. The van der Waals surface area contributed by atoms with Crippen molar-refractivity contribution in [2.75, 3.05) is 25.5 Å². The van der Waals surface area contributed by atoms with Gasteiger partial charge in [-0.1, -0.05) is 6.07 Å². The molecule has 1 saturated heterocycles. The van der Waals surface area contributed by atoms with Crippen LogP contribution in [0.2, 0.25) is 0 Å². The summed E-state index contributed by atoms with van der Waals surface area (Å²) < 4.78 is 37.3. The first-order valence-corrected chi connectivity index (χ1v) is 10.6. The molecule has 1 N–H and O–H groups in total. The number of carbonyl (C=O) groups excluding carboxylic acids is 1. The zero-order valence-corrected chi connectivity index (χ0v) is 16.7. The number of hydrogen-bond acceptors (Lipinski definition) is 5. The van der Waals surface area contributed by atoms with Crippen molar-refractivity contribution in [2.24, 2.45) is 0 Å². The number of amides is 1. The van der Waals surface area contributed by atoms with Crippen LogP contribution in [0.3, 0.4) is 0 Å². The Morgan fingerprint density at radius 1 is 1.07 bits per heavy atom. The van der Waals surface area contributed by atoms with Crippen LogP contribution in [-0.2, 0) is 14.8 Å². The van der Waals surface area contributed by atoms with Gasteiger partial charge in [-0.05, 0) is 56.2 Å². The number of anilines is 1. The Morgan fingerprint density at radius 3 is 2.36 bits per heavy atom. The molecule has 1 atom stereocenters. The zero-order chi connectivity index (χ0) is 20.1. The Hall–Kier alpha value is -2.58. The highest BCUT2D eigenvalue weighted by Crippen LogP contribution is 2.23. The molecule has 0 bridgehead atoms. The quantitative estimate of drug-likeness (QED) is 0.767. The highest BCUT2D eigenvalue weighted by atomic mass is 32.2. The minimum atomic E-state index is -3.46. The van der Waals surface area contributed by atoms with Crippen LogP contribution in [0.15, 0.2) is 53.4 Å². The van der Waals surface area contributed by atoms with Crippen LogP contribution >= 0.6 is 0 Å². The third-order valence-corrected chi connectivity index (χ3v) is 6.46. The maximum Gasteiger partial charge on any atom is 0.265 e. The molecule has 0 spiro atoms. The zero-order valence-electron chi connectivity index (χ0n) is 15.9. The molecule has 0 aromatic heterocycles. The molecule has 1 fully saturated rings. The summed E-state index contributed by atoms with van der Waals surface area (Å²) in [4.78, 5) is 12.6. The summed E-state index contributed by atoms with van der Waals surface area (Å²) >= 11 is 0. The fourth-order valence-electron chi connectivity index (χ4n) is 2.96. The minimum Gasteiger partial charge on any atom is -0.497 e. The fourth-order valence-corrected chi connectivity index (χ4v) is 4.48. The van der Waals surface area contributed by atoms with E-state index in [0.29, 0.717) is 30.3 Å². The Bertz CT molecular complexity index is 922. The van der Waals surface area contributed by atoms with Crippen LogP contribution in [0.1, 0.15) is 19.8 Å². The molecular weight excluding hydrogens is 380 g/mol. The van der Waals surface area contributed by atoms with E-state index in [4.69, 9.17) is 9.47 Å². The third kappa shape index (κ3) is 4.63. The largest absolute Gasteiger partial charge is 0.497 e. The molecule has 2 aromatic rings. The van der Waals surface area contributed by atoms with E-state index in [1.54, 1.807) is 50.4 Å². The van der Waals surface area contributed by atoms with Gasteiger partial charge in [-0.3, -0.25) is 4.79 Å². The number of sulfonamides is 1. The lowest BCUT2D eigenvalue weighted by Crippen LogP contribution is -2.30. The van der Waals surface area contributed by atoms with E-state index in [1.807, 2.05) is 0 Å². The molecular formula is C20H24N2O5S. The van der Waals surface area contributed by atoms with E-state index in [9.17, 15) is 13.2 Å². The fraction of sp³-hybridized carbons (Fsp3) is 0.350. The number of nitrogens with zero attached hydrogens (tertiary/aromatic N) is 1. The standard InChI is InChI=1S/C20H24N2O5S/c1-15(27-18-7-5-6-17(14-18)26-2)20(23)21-16-8-10-19(11-9-16)28(24,25)22-12-3-4-13-22/h5-11,14-15H,3-4,12-13H2,1-2H3,(H,21,23)/t15-/m1/s1. The van der Waals surface area contributed by atoms with Crippen molar-refractivity contribution in [3.8, 4) is 11.5 Å². The van der Waals surface area contributed by atoms with Crippen molar-refractivity contribution in [1.29, 1.82) is 0 Å². The van der Waals surface area contributed by atoms with Gasteiger partial charge in [0.2, 0.25) is 10.0 Å². The van der Waals surface area contributed by atoms with Crippen molar-refractivity contribution in [3.05, 3.63) is 48.5 Å². The second-order valence-corrected chi connectivity index (χ2v) is 8.50. The SMILES string of the molecule is COc1cccc(O[C@H](C)C(=O)Nc2ccc(S(=O)(=O)N3CCCC3)cc2)c1. The van der Waals surface area contributed by atoms with Gasteiger partial charge in [0, 0.05) is 24.8 Å². The summed E-state index contributed by atoms with van der Waals surface area (Å²) in [6, 6.07) is 13.2. The first-order valence-electron chi connectivity index (χ1n) is 9.12. The monoisotopic (exact) mass is 404 g/mol. The van der Waals surface area contributed by atoms with Gasteiger partial charge in [-0.2, -0.15) is 4.31 Å². The topological polar surface area (TPSA) is 84.9 Å². The molecule has 2 aromatic carbocycles. The number of carbonyl (C=O) groups is 1. The minimum absolute atomic E-state index is 0.230. The van der Waals surface area contributed by atoms with Crippen molar-refractivity contribution < 1.29 is 22.7 Å². The first kappa shape index (κ1) is 20.2. The van der Waals surface area contributed by atoms with Gasteiger partial charge >= 0.3 is 0 Å². The number of methoxy groups -OCH3 is 1. The average molecular weight is 404 g/mol. The Labute approximate surface area is 165 Å². The van der Waals surface area contributed by atoms with E-state index in [1.165, 1.54) is 16.4 Å². The number of nitrogens with one attached hydrogen (secondary N) is 1. The molecule has 0 radical (unpaired) electrons. The van der Waals surface area contributed by atoms with E-state index < -0.39 is 16.1 Å². The molecule has 0 unspecified atom stereocenters. The van der Waals surface area contributed by atoms with E-state index in [2.05, 4.69) is 5.32 Å². The van der Waals surface area contributed by atoms with Gasteiger partial charge in [-0.25, -0.2) is 8.42 Å². The van der Waals surface area contributed by atoms with Crippen molar-refractivity contribution >= 4 is 21.6 Å². The lowest BCUT2D eigenvalue weighted by molar-refractivity contribution is -0.122. The second-order valence-electron chi connectivity index (χ2n) is 6.56. The van der Waals surface area contributed by atoms with Crippen molar-refractivity contribution in [2.45, 2.75) is 30.8 Å². The number of benzene rings is 2. The molecule has 0 aliphatic carbocycles. The maximum absolute atomic E-state index is 12.5. The molecule has 150 valence electrons. The van der Waals surface area contributed by atoms with Gasteiger partial charge in [-0.15, -0.1) is 0 Å². The predicted molar refractivity (Wildman–Crippen MR) is 106 cm³/mol. The number of hydrogen-bond donors (Lipinski definition) is 1. The lowest BCUT2D eigenvalue weighted by atomic mass is 10.3. The highest BCUT2D eigenvalue weighted by Gasteiger charge is 2.27. The van der Waals surface area contributed by atoms with Crippen LogP contribution in [-0.4, -0.2) is 44.9 Å². The van der Waals surface area contributed by atoms with Crippen LogP contribution < -0.4 is 14.8 Å². The smallest absolute Gasteiger partial charge is 0.265 e. The Kier molecular flexibility index (Phi) is 6.21. The molecule has 28 heavy (non-hydrogen) atoms. The van der Waals surface area contributed by atoms with E-state index >= 15 is 0 Å². The molecule has 8 heteroatoms. The molecule has 1 amide bonds. The van der Waals surface area contributed by atoms with Crippen molar-refractivity contribution in [3.63, 3.8) is 0 Å². The summed E-state index contributed by atoms with van der Waals surface area (Å²) in [5.41, 5.74) is 0.506. The molecule has 7 nitrogen and oxygen atoms in total. The third-order valence-electron chi connectivity index (χ3n) is 4.55. The first-order chi connectivity index (χ1) is 13.4. The van der Waals surface area contributed by atoms with Crippen LogP contribution in [0.25, 0.3) is 0 Å². The normalized spacial score (nSPS) is 15.8. The van der Waals surface area contributed by atoms with Gasteiger partial charge in [0.15, 0.2) is 6.10 Å². The van der Waals surface area contributed by atoms with Gasteiger partial charge in [0.05, 0.1) is 12.0 Å². The predicted octanol–water partition coefficient (Wildman–Crippen LogP) is 2.89. The average Bonchev–Trinajstić information content (AvgIpc) is 3.24. The van der Waals surface area contributed by atoms with E-state index in [-0.39, 0.29) is 10.8 Å². The molecule has 0 saturated carbocycles. The molecule has 1 heterocycles. The number of ether oxygens (including phenoxy) is 2. The second kappa shape index (κ2) is 8.62. The Balaban J connectivity index is 1.62. The summed E-state index contributed by atoms with van der Waals surface area (Å²) in [5.74, 6) is 0.826. The molecule has 3 rings (SSSR count). The summed E-state index contributed by atoms with van der Waals surface area (Å²) in [6.45, 7) is 2.75. The van der Waals surface area contributed by atoms with Crippen LogP contribution in [0.4, 0.5) is 5.69 Å². The summed E-state index contributed by atoms with van der Waals surface area (Å²) in [5, 5.41) is 2.74. The summed E-state index contributed by atoms with van der Waals surface area (Å²) in [6.07, 6.45) is 1.04. The van der Waals surface area contributed by atoms with Crippen LogP contribution in [0.5, 0.6) is 11.5 Å². The van der Waals surface area contributed by atoms with Gasteiger partial charge in [0.1, 0.15) is 11.5 Å². The summed E-state index contributed by atoms with van der Waals surface area (Å²) in [7, 11) is -1.91. The van der Waals surface area contributed by atoms with Gasteiger partial charge in [0.25, 0.3) is 5.91 Å². The highest BCUT2D eigenvalue weighted by molar-refractivity contribution is 7.89. The number of rotatable bonds is 7. The molecule has 1 aliphatic rings.